The van der Waals surface area contributed by atoms with E-state index in [0.29, 0.717) is 18.1 Å². The van der Waals surface area contributed by atoms with Gasteiger partial charge >= 0.3 is 0 Å². The third-order valence-corrected chi connectivity index (χ3v) is 4.38. The second-order valence-corrected chi connectivity index (χ2v) is 6.83. The van der Waals surface area contributed by atoms with Gasteiger partial charge in [0.05, 0.1) is 0 Å². The van der Waals surface area contributed by atoms with Crippen molar-refractivity contribution in [1.29, 1.82) is 0 Å². The summed E-state index contributed by atoms with van der Waals surface area (Å²) in [5, 5.41) is 9.36. The SMILES string of the molecule is Oc1ccc(Oc2cccc(COOCc3cccc(Oc4ccccc4)c3)c2)cc1. The lowest BCUT2D eigenvalue weighted by atomic mass is 10.2. The van der Waals surface area contributed by atoms with Crippen LogP contribution in [0, 0.1) is 0 Å². The lowest BCUT2D eigenvalue weighted by molar-refractivity contribution is -0.313. The highest BCUT2D eigenvalue weighted by molar-refractivity contribution is 5.36. The largest absolute Gasteiger partial charge is 0.508 e. The average Bonchev–Trinajstić information content (AvgIpc) is 2.80. The highest BCUT2D eigenvalue weighted by Crippen LogP contribution is 2.25. The van der Waals surface area contributed by atoms with E-state index in [1.807, 2.05) is 78.9 Å². The van der Waals surface area contributed by atoms with Crippen molar-refractivity contribution in [3.05, 3.63) is 114 Å². The molecule has 4 aromatic rings. The van der Waals surface area contributed by atoms with Crippen LogP contribution in [0.25, 0.3) is 0 Å². The van der Waals surface area contributed by atoms with Crippen LogP contribution < -0.4 is 9.47 Å². The van der Waals surface area contributed by atoms with Gasteiger partial charge in [-0.2, -0.15) is 0 Å². The number of ether oxygens (including phenoxy) is 2. The lowest BCUT2D eigenvalue weighted by Gasteiger charge is -2.09. The van der Waals surface area contributed by atoms with Gasteiger partial charge in [0.25, 0.3) is 0 Å². The minimum Gasteiger partial charge on any atom is -0.508 e. The molecule has 0 heterocycles. The summed E-state index contributed by atoms with van der Waals surface area (Å²) in [5.41, 5.74) is 1.86. The monoisotopic (exact) mass is 414 g/mol. The van der Waals surface area contributed by atoms with E-state index < -0.39 is 0 Å². The molecule has 156 valence electrons. The molecule has 31 heavy (non-hydrogen) atoms. The number of phenols is 1. The van der Waals surface area contributed by atoms with Gasteiger partial charge in [0.15, 0.2) is 0 Å². The highest BCUT2D eigenvalue weighted by atomic mass is 17.2. The summed E-state index contributed by atoms with van der Waals surface area (Å²) < 4.78 is 11.6. The van der Waals surface area contributed by atoms with Crippen molar-refractivity contribution in [1.82, 2.24) is 0 Å². The molecule has 0 amide bonds. The van der Waals surface area contributed by atoms with Crippen LogP contribution in [0.3, 0.4) is 0 Å². The number of phenolic OH excluding ortho intramolecular Hbond substituents is 1. The Morgan fingerprint density at radius 1 is 0.484 bits per heavy atom. The molecule has 4 rings (SSSR count). The molecule has 0 aromatic heterocycles. The second-order valence-electron chi connectivity index (χ2n) is 6.83. The van der Waals surface area contributed by atoms with E-state index >= 15 is 0 Å². The highest BCUT2D eigenvalue weighted by Gasteiger charge is 2.03. The van der Waals surface area contributed by atoms with E-state index in [2.05, 4.69) is 0 Å². The Labute approximate surface area is 181 Å². The number of hydrogen-bond donors (Lipinski definition) is 1. The number of aromatic hydroxyl groups is 1. The van der Waals surface area contributed by atoms with Gasteiger partial charge in [-0.25, -0.2) is 9.78 Å². The minimum atomic E-state index is 0.198. The summed E-state index contributed by atoms with van der Waals surface area (Å²) in [6.07, 6.45) is 0. The molecule has 0 radical (unpaired) electrons. The first-order valence-electron chi connectivity index (χ1n) is 9.87. The van der Waals surface area contributed by atoms with Crippen molar-refractivity contribution in [3.63, 3.8) is 0 Å². The maximum atomic E-state index is 9.36. The normalized spacial score (nSPS) is 10.6. The molecule has 0 aliphatic carbocycles. The maximum absolute atomic E-state index is 9.36. The topological polar surface area (TPSA) is 57.2 Å². The molecule has 0 aliphatic rings. The third kappa shape index (κ3) is 6.34. The Hall–Kier alpha value is -3.80. The van der Waals surface area contributed by atoms with Crippen LogP contribution in [-0.4, -0.2) is 5.11 Å². The fourth-order valence-corrected chi connectivity index (χ4v) is 2.89. The van der Waals surface area contributed by atoms with Gasteiger partial charge in [-0.15, -0.1) is 0 Å². The van der Waals surface area contributed by atoms with E-state index in [1.165, 1.54) is 0 Å². The molecule has 5 heteroatoms. The maximum Gasteiger partial charge on any atom is 0.127 e. The molecule has 0 bridgehead atoms. The smallest absolute Gasteiger partial charge is 0.127 e. The van der Waals surface area contributed by atoms with Crippen LogP contribution in [0.2, 0.25) is 0 Å². The zero-order valence-corrected chi connectivity index (χ0v) is 16.8. The third-order valence-electron chi connectivity index (χ3n) is 4.38. The van der Waals surface area contributed by atoms with Crippen LogP contribution in [0.4, 0.5) is 0 Å². The zero-order chi connectivity index (χ0) is 21.3. The molecule has 1 N–H and O–H groups in total. The first-order valence-corrected chi connectivity index (χ1v) is 9.87. The van der Waals surface area contributed by atoms with Gasteiger partial charge in [0.1, 0.15) is 42.0 Å². The van der Waals surface area contributed by atoms with Gasteiger partial charge in [0.2, 0.25) is 0 Å². The fourth-order valence-electron chi connectivity index (χ4n) is 2.89. The summed E-state index contributed by atoms with van der Waals surface area (Å²) in [5.74, 6) is 3.05. The number of benzene rings is 4. The Balaban J connectivity index is 1.26. The first-order chi connectivity index (χ1) is 15.2. The standard InChI is InChI=1S/C26H22O5/c27-22-12-14-24(15-13-22)31-26-11-5-7-21(17-26)19-29-28-18-20-6-4-10-25(16-20)30-23-8-2-1-3-9-23/h1-17,27H,18-19H2. The van der Waals surface area contributed by atoms with E-state index in [0.717, 1.165) is 22.6 Å². The van der Waals surface area contributed by atoms with E-state index in [-0.39, 0.29) is 12.4 Å². The molecule has 0 aliphatic heterocycles. The predicted molar refractivity (Wildman–Crippen MR) is 117 cm³/mol. The van der Waals surface area contributed by atoms with Gasteiger partial charge in [-0.05, 0) is 71.8 Å². The molecular formula is C26H22O5. The number of hydrogen-bond acceptors (Lipinski definition) is 5. The molecule has 0 spiro atoms. The van der Waals surface area contributed by atoms with Gasteiger partial charge in [-0.3, -0.25) is 0 Å². The Morgan fingerprint density at radius 3 is 1.52 bits per heavy atom. The van der Waals surface area contributed by atoms with Crippen LogP contribution in [-0.2, 0) is 23.0 Å². The Kier molecular flexibility index (Phi) is 6.80. The van der Waals surface area contributed by atoms with Crippen molar-refractivity contribution in [3.8, 4) is 28.7 Å². The van der Waals surface area contributed by atoms with Crippen LogP contribution in [0.15, 0.2) is 103 Å². The molecule has 0 saturated heterocycles. The van der Waals surface area contributed by atoms with Crippen molar-refractivity contribution < 1.29 is 24.4 Å². The molecular weight excluding hydrogens is 392 g/mol. The van der Waals surface area contributed by atoms with Crippen LogP contribution >= 0.6 is 0 Å². The second kappa shape index (κ2) is 10.3. The summed E-state index contributed by atoms with van der Waals surface area (Å²) >= 11 is 0. The zero-order valence-electron chi connectivity index (χ0n) is 16.8. The number of para-hydroxylation sites is 1. The summed E-state index contributed by atoms with van der Waals surface area (Å²) in [6.45, 7) is 0.586. The van der Waals surface area contributed by atoms with Crippen molar-refractivity contribution in [2.24, 2.45) is 0 Å². The molecule has 0 unspecified atom stereocenters. The lowest BCUT2D eigenvalue weighted by Crippen LogP contribution is -1.97. The van der Waals surface area contributed by atoms with Crippen LogP contribution in [0.5, 0.6) is 28.7 Å². The van der Waals surface area contributed by atoms with Crippen molar-refractivity contribution >= 4 is 0 Å². The molecule has 0 atom stereocenters. The van der Waals surface area contributed by atoms with Gasteiger partial charge in [-0.1, -0.05) is 42.5 Å². The summed E-state index contributed by atoms with van der Waals surface area (Å²) in [7, 11) is 0. The minimum absolute atomic E-state index is 0.198. The molecule has 5 nitrogen and oxygen atoms in total. The Bertz CT molecular complexity index is 1090. The fraction of sp³-hybridized carbons (Fsp3) is 0.0769. The molecule has 4 aromatic carbocycles. The number of rotatable bonds is 9. The van der Waals surface area contributed by atoms with E-state index in [4.69, 9.17) is 19.2 Å². The van der Waals surface area contributed by atoms with Gasteiger partial charge in [0, 0.05) is 0 Å². The van der Waals surface area contributed by atoms with Crippen LogP contribution in [0.1, 0.15) is 11.1 Å². The van der Waals surface area contributed by atoms with Gasteiger partial charge < -0.3 is 14.6 Å². The molecule has 0 saturated carbocycles. The molecule has 0 fully saturated rings. The summed E-state index contributed by atoms with van der Waals surface area (Å²) in [6, 6.07) is 31.4. The quantitative estimate of drug-likeness (QED) is 0.189. The van der Waals surface area contributed by atoms with E-state index in [1.54, 1.807) is 24.3 Å². The van der Waals surface area contributed by atoms with E-state index in [9.17, 15) is 5.11 Å². The summed E-state index contributed by atoms with van der Waals surface area (Å²) in [4.78, 5) is 10.7. The first kappa shape index (κ1) is 20.5. The van der Waals surface area contributed by atoms with Crippen molar-refractivity contribution in [2.75, 3.05) is 0 Å². The predicted octanol–water partition coefficient (Wildman–Crippen LogP) is 6.63. The average molecular weight is 414 g/mol. The Morgan fingerprint density at radius 2 is 0.968 bits per heavy atom. The van der Waals surface area contributed by atoms with Crippen molar-refractivity contribution in [2.45, 2.75) is 13.2 Å².